The average molecular weight is 802 g/mol. The van der Waals surface area contributed by atoms with E-state index in [-0.39, 0.29) is 37.1 Å². The molecule has 0 aliphatic heterocycles. The van der Waals surface area contributed by atoms with Crippen LogP contribution in [0.15, 0.2) is 109 Å². The highest BCUT2D eigenvalue weighted by molar-refractivity contribution is 7.97. The average Bonchev–Trinajstić information content (AvgIpc) is 3.16. The number of thioether (sulfide) groups is 1. The Morgan fingerprint density at radius 1 is 0.418 bits per heavy atom. The summed E-state index contributed by atoms with van der Waals surface area (Å²) in [5, 5.41) is 0. The smallest absolute Gasteiger partial charge is 0.0351 e. The molecule has 0 aromatic heterocycles. The van der Waals surface area contributed by atoms with E-state index in [1.54, 1.807) is 26.0 Å². The molecule has 0 N–H and O–H groups in total. The van der Waals surface area contributed by atoms with E-state index in [1.807, 2.05) is 191 Å². The SMILES string of the molecule is C.C.C.C.C.CC.CC.CC.CC.CC.CC(C)(C)C.CC1(C)CCCCC1.CCC.COC.CSC.c1ccccc1.c1ccccc1.c1ccccc1. The molecule has 4 rings (SSSR count). The number of methoxy groups -OCH3 is 1. The van der Waals surface area contributed by atoms with E-state index in [2.05, 4.69) is 60.1 Å². The molecular formula is C53H116OS. The van der Waals surface area contributed by atoms with Crippen molar-refractivity contribution in [3.8, 4) is 0 Å². The predicted octanol–water partition coefficient (Wildman–Crippen LogP) is 21.1. The van der Waals surface area contributed by atoms with E-state index >= 15 is 0 Å². The number of hydrogen-bond donors (Lipinski definition) is 0. The lowest BCUT2D eigenvalue weighted by Gasteiger charge is -2.28. The van der Waals surface area contributed by atoms with Crippen molar-refractivity contribution in [1.29, 1.82) is 0 Å². The van der Waals surface area contributed by atoms with E-state index in [9.17, 15) is 0 Å². The summed E-state index contributed by atoms with van der Waals surface area (Å²) in [6.45, 7) is 37.8. The molecule has 3 aromatic rings. The third-order valence-electron chi connectivity index (χ3n) is 4.21. The Bertz CT molecular complexity index is 564. The third kappa shape index (κ3) is 192. The third-order valence-corrected chi connectivity index (χ3v) is 4.21. The second kappa shape index (κ2) is 104. The molecule has 3 aromatic carbocycles. The summed E-state index contributed by atoms with van der Waals surface area (Å²) in [5.74, 6) is 0. The fourth-order valence-electron chi connectivity index (χ4n) is 2.66. The highest BCUT2D eigenvalue weighted by Gasteiger charge is 2.19. The molecule has 340 valence electrons. The van der Waals surface area contributed by atoms with Crippen LogP contribution in [-0.2, 0) is 4.74 Å². The van der Waals surface area contributed by atoms with Crippen LogP contribution in [0.3, 0.4) is 0 Å². The number of hydrogen-bond acceptors (Lipinski definition) is 2. The number of ether oxygens (including phenoxy) is 1. The first-order valence-corrected chi connectivity index (χ1v) is 21.4. The maximum atomic E-state index is 4.25. The molecule has 0 unspecified atom stereocenters. The first-order chi connectivity index (χ1) is 23.9. The molecule has 1 nitrogen and oxygen atoms in total. The maximum Gasteiger partial charge on any atom is 0.0351 e. The van der Waals surface area contributed by atoms with Crippen LogP contribution < -0.4 is 0 Å². The molecule has 0 heterocycles. The van der Waals surface area contributed by atoms with Gasteiger partial charge in [0.15, 0.2) is 0 Å². The van der Waals surface area contributed by atoms with Crippen LogP contribution in [0.5, 0.6) is 0 Å². The van der Waals surface area contributed by atoms with Gasteiger partial charge in [-0.25, -0.2) is 0 Å². The van der Waals surface area contributed by atoms with Crippen molar-refractivity contribution in [3.05, 3.63) is 109 Å². The molecule has 0 saturated heterocycles. The van der Waals surface area contributed by atoms with Crippen molar-refractivity contribution >= 4 is 11.8 Å². The summed E-state index contributed by atoms with van der Waals surface area (Å²) in [5.41, 5.74) is 1.18. The van der Waals surface area contributed by atoms with Gasteiger partial charge in [-0.15, -0.1) is 0 Å². The largest absolute Gasteiger partial charge is 0.388 e. The lowest BCUT2D eigenvalue weighted by atomic mass is 9.78. The van der Waals surface area contributed by atoms with Crippen molar-refractivity contribution in [3.63, 3.8) is 0 Å². The Kier molecular flexibility index (Phi) is 179. The normalized spacial score (nSPS) is 9.27. The molecule has 1 fully saturated rings. The summed E-state index contributed by atoms with van der Waals surface area (Å²) >= 11 is 1.75. The molecule has 0 spiro atoms. The summed E-state index contributed by atoms with van der Waals surface area (Å²) in [6, 6.07) is 36.0. The Hall–Kier alpha value is -2.03. The monoisotopic (exact) mass is 801 g/mol. The van der Waals surface area contributed by atoms with Crippen LogP contribution in [0.2, 0.25) is 0 Å². The van der Waals surface area contributed by atoms with Crippen molar-refractivity contribution in [1.82, 2.24) is 0 Å². The molecule has 0 amide bonds. The number of benzene rings is 3. The van der Waals surface area contributed by atoms with Gasteiger partial charge in [-0.2, -0.15) is 11.8 Å². The van der Waals surface area contributed by atoms with Gasteiger partial charge >= 0.3 is 0 Å². The molecule has 1 saturated carbocycles. The zero-order chi connectivity index (χ0) is 41.4. The van der Waals surface area contributed by atoms with E-state index in [1.165, 1.54) is 38.5 Å². The van der Waals surface area contributed by atoms with Gasteiger partial charge < -0.3 is 4.74 Å². The molecule has 0 radical (unpaired) electrons. The molecule has 0 bridgehead atoms. The highest BCUT2D eigenvalue weighted by Crippen LogP contribution is 2.34. The minimum atomic E-state index is 0. The second-order valence-electron chi connectivity index (χ2n) is 11.7. The van der Waals surface area contributed by atoms with Crippen LogP contribution in [0.25, 0.3) is 0 Å². The summed E-state index contributed by atoms with van der Waals surface area (Å²) in [4.78, 5) is 0. The predicted molar refractivity (Wildman–Crippen MR) is 280 cm³/mol. The number of rotatable bonds is 0. The molecule has 1 aliphatic rings. The van der Waals surface area contributed by atoms with Crippen LogP contribution >= 0.6 is 11.8 Å². The van der Waals surface area contributed by atoms with Gasteiger partial charge in [-0.3, -0.25) is 0 Å². The molecule has 2 heteroatoms. The van der Waals surface area contributed by atoms with Crippen LogP contribution in [0.1, 0.15) is 200 Å². The van der Waals surface area contributed by atoms with Gasteiger partial charge in [0.05, 0.1) is 0 Å². The Morgan fingerprint density at radius 2 is 0.509 bits per heavy atom. The first-order valence-electron chi connectivity index (χ1n) is 19.8. The highest BCUT2D eigenvalue weighted by atomic mass is 32.2. The summed E-state index contributed by atoms with van der Waals surface area (Å²) < 4.78 is 4.25. The van der Waals surface area contributed by atoms with Crippen molar-refractivity contribution in [2.24, 2.45) is 10.8 Å². The van der Waals surface area contributed by atoms with Gasteiger partial charge in [0.25, 0.3) is 0 Å². The molecule has 55 heavy (non-hydrogen) atoms. The van der Waals surface area contributed by atoms with E-state index < -0.39 is 0 Å². The van der Waals surface area contributed by atoms with Crippen LogP contribution in [-0.4, -0.2) is 26.7 Å². The zero-order valence-electron chi connectivity index (χ0n) is 38.5. The van der Waals surface area contributed by atoms with Gasteiger partial charge in [-0.05, 0) is 36.2 Å². The van der Waals surface area contributed by atoms with Crippen molar-refractivity contribution < 1.29 is 4.74 Å². The van der Waals surface area contributed by atoms with Gasteiger partial charge in [0.2, 0.25) is 0 Å². The molecule has 1 aliphatic carbocycles. The quantitative estimate of drug-likeness (QED) is 0.224. The van der Waals surface area contributed by atoms with Gasteiger partial charge in [0, 0.05) is 14.2 Å². The molecule has 0 atom stereocenters. The van der Waals surface area contributed by atoms with E-state index in [0.717, 1.165) is 0 Å². The van der Waals surface area contributed by atoms with Gasteiger partial charge in [-0.1, -0.05) is 297 Å². The standard InChI is InChI=1S/C8H16.3C6H6.C5H12.C3H8.C2H6O.C2H6S.5C2H6.5CH4/c1-8(2)6-4-3-5-7-8;3*1-2-4-6-5-3-1;1-5(2,3)4;3*1-3-2;5*1-2;;;;;/h3-7H2,1-2H3;3*1-6H;1-4H3;3H2,1-2H3;2*1-2H3;5*1-2H3;5*1H4. The van der Waals surface area contributed by atoms with E-state index in [4.69, 9.17) is 0 Å². The van der Waals surface area contributed by atoms with Crippen LogP contribution in [0.4, 0.5) is 0 Å². The Labute approximate surface area is 362 Å². The summed E-state index contributed by atoms with van der Waals surface area (Å²) in [7, 11) is 3.25. The summed E-state index contributed by atoms with van der Waals surface area (Å²) in [6.07, 6.45) is 12.6. The van der Waals surface area contributed by atoms with Gasteiger partial charge in [0.1, 0.15) is 0 Å². The lowest BCUT2D eigenvalue weighted by molar-refractivity contribution is 0.244. The second-order valence-corrected chi connectivity index (χ2v) is 12.5. The van der Waals surface area contributed by atoms with Crippen LogP contribution in [0, 0.1) is 10.8 Å². The first kappa shape index (κ1) is 94.2. The maximum absolute atomic E-state index is 4.25. The topological polar surface area (TPSA) is 9.23 Å². The van der Waals surface area contributed by atoms with Crippen molar-refractivity contribution in [2.75, 3.05) is 26.7 Å². The Morgan fingerprint density at radius 3 is 0.564 bits per heavy atom. The lowest BCUT2D eigenvalue weighted by Crippen LogP contribution is -2.14. The Balaban J connectivity index is -0.0000000283. The van der Waals surface area contributed by atoms with Crippen molar-refractivity contribution in [2.45, 2.75) is 200 Å². The fraction of sp³-hybridized carbons (Fsp3) is 0.660. The van der Waals surface area contributed by atoms with E-state index in [0.29, 0.717) is 10.8 Å². The molecular weight excluding hydrogens is 685 g/mol. The minimum absolute atomic E-state index is 0. The minimum Gasteiger partial charge on any atom is -0.388 e. The zero-order valence-corrected chi connectivity index (χ0v) is 39.3. The fourth-order valence-corrected chi connectivity index (χ4v) is 2.66.